The molecule has 0 aromatic heterocycles. The van der Waals surface area contributed by atoms with Gasteiger partial charge in [0.1, 0.15) is 16.4 Å². The molecule has 0 radical (unpaired) electrons. The minimum atomic E-state index is -4.18. The van der Waals surface area contributed by atoms with Gasteiger partial charge in [0.25, 0.3) is 15.7 Å². The van der Waals surface area contributed by atoms with E-state index in [4.69, 9.17) is 21.1 Å². The standard InChI is InChI=1S/C14H13ClN2O6S/c1-22-12-5-3-9(15)7-11(12)16-24(20,21)14-8-10(17(18)19)4-6-13(14)23-2/h3-8,16H,1-2H3. The molecule has 0 unspecified atom stereocenters. The first-order valence-electron chi connectivity index (χ1n) is 6.47. The fraction of sp³-hybridized carbons (Fsp3) is 0.143. The molecule has 0 heterocycles. The number of methoxy groups -OCH3 is 2. The summed E-state index contributed by atoms with van der Waals surface area (Å²) in [5.41, 5.74) is -0.284. The van der Waals surface area contributed by atoms with Crippen molar-refractivity contribution in [2.45, 2.75) is 4.90 Å². The van der Waals surface area contributed by atoms with Crippen LogP contribution in [-0.2, 0) is 10.0 Å². The maximum Gasteiger partial charge on any atom is 0.271 e. The second-order valence-electron chi connectivity index (χ2n) is 4.54. The van der Waals surface area contributed by atoms with Crippen LogP contribution in [0.1, 0.15) is 0 Å². The van der Waals surface area contributed by atoms with Crippen LogP contribution in [0.4, 0.5) is 11.4 Å². The fourth-order valence-corrected chi connectivity index (χ4v) is 3.37. The van der Waals surface area contributed by atoms with Crippen LogP contribution in [0.3, 0.4) is 0 Å². The quantitative estimate of drug-likeness (QED) is 0.616. The van der Waals surface area contributed by atoms with E-state index in [1.165, 1.54) is 38.5 Å². The molecule has 0 amide bonds. The number of nitrogens with one attached hydrogen (secondary N) is 1. The zero-order valence-corrected chi connectivity index (χ0v) is 14.2. The highest BCUT2D eigenvalue weighted by Gasteiger charge is 2.24. The van der Waals surface area contributed by atoms with Crippen LogP contribution in [0.5, 0.6) is 11.5 Å². The zero-order valence-electron chi connectivity index (χ0n) is 12.6. The molecule has 0 fully saturated rings. The van der Waals surface area contributed by atoms with Gasteiger partial charge in [-0.2, -0.15) is 0 Å². The SMILES string of the molecule is COc1ccc(Cl)cc1NS(=O)(=O)c1cc([N+](=O)[O-])ccc1OC. The van der Waals surface area contributed by atoms with Gasteiger partial charge in [-0.25, -0.2) is 8.42 Å². The third-order valence-corrected chi connectivity index (χ3v) is 4.68. The predicted octanol–water partition coefficient (Wildman–Crippen LogP) is 3.07. The molecule has 128 valence electrons. The summed E-state index contributed by atoms with van der Waals surface area (Å²) in [5.74, 6) is 0.210. The normalized spacial score (nSPS) is 11.0. The number of sulfonamides is 1. The molecule has 0 saturated heterocycles. The Morgan fingerprint density at radius 3 is 2.29 bits per heavy atom. The van der Waals surface area contributed by atoms with Crippen molar-refractivity contribution in [3.05, 3.63) is 51.5 Å². The van der Waals surface area contributed by atoms with Gasteiger partial charge in [0.2, 0.25) is 0 Å². The first-order valence-corrected chi connectivity index (χ1v) is 8.33. The smallest absolute Gasteiger partial charge is 0.271 e. The van der Waals surface area contributed by atoms with E-state index in [9.17, 15) is 18.5 Å². The fourth-order valence-electron chi connectivity index (χ4n) is 1.95. The zero-order chi connectivity index (χ0) is 17.9. The molecule has 0 atom stereocenters. The van der Waals surface area contributed by atoms with E-state index in [-0.39, 0.29) is 27.8 Å². The monoisotopic (exact) mass is 372 g/mol. The number of benzene rings is 2. The first-order chi connectivity index (χ1) is 11.3. The van der Waals surface area contributed by atoms with Crippen molar-refractivity contribution >= 4 is 33.0 Å². The lowest BCUT2D eigenvalue weighted by Crippen LogP contribution is -2.15. The van der Waals surface area contributed by atoms with Gasteiger partial charge >= 0.3 is 0 Å². The summed E-state index contributed by atoms with van der Waals surface area (Å²) in [7, 11) is -1.55. The van der Waals surface area contributed by atoms with Crippen molar-refractivity contribution in [2.75, 3.05) is 18.9 Å². The molecule has 0 aliphatic carbocycles. The van der Waals surface area contributed by atoms with Crippen molar-refractivity contribution in [2.24, 2.45) is 0 Å². The summed E-state index contributed by atoms with van der Waals surface area (Å²) >= 11 is 5.87. The lowest BCUT2D eigenvalue weighted by Gasteiger charge is -2.14. The molecule has 10 heteroatoms. The van der Waals surface area contributed by atoms with E-state index >= 15 is 0 Å². The summed E-state index contributed by atoms with van der Waals surface area (Å²) < 4.78 is 37.6. The Morgan fingerprint density at radius 1 is 1.08 bits per heavy atom. The number of ether oxygens (including phenoxy) is 2. The third-order valence-electron chi connectivity index (χ3n) is 3.05. The molecule has 24 heavy (non-hydrogen) atoms. The number of nitro benzene ring substituents is 1. The molecular weight excluding hydrogens is 360 g/mol. The van der Waals surface area contributed by atoms with Gasteiger partial charge in [0.15, 0.2) is 0 Å². The predicted molar refractivity (Wildman–Crippen MR) is 88.5 cm³/mol. The van der Waals surface area contributed by atoms with Crippen molar-refractivity contribution in [1.29, 1.82) is 0 Å². The van der Waals surface area contributed by atoms with Crippen LogP contribution in [0.25, 0.3) is 0 Å². The molecule has 2 rings (SSSR count). The number of halogens is 1. The van der Waals surface area contributed by atoms with Crippen LogP contribution in [-0.4, -0.2) is 27.6 Å². The number of hydrogen-bond acceptors (Lipinski definition) is 6. The van der Waals surface area contributed by atoms with Crippen LogP contribution < -0.4 is 14.2 Å². The maximum absolute atomic E-state index is 12.6. The number of hydrogen-bond donors (Lipinski definition) is 1. The number of anilines is 1. The lowest BCUT2D eigenvalue weighted by atomic mass is 10.3. The highest BCUT2D eigenvalue weighted by atomic mass is 35.5. The molecule has 2 aromatic carbocycles. The number of non-ortho nitro benzene ring substituents is 1. The maximum atomic E-state index is 12.6. The van der Waals surface area contributed by atoms with Crippen molar-refractivity contribution < 1.29 is 22.8 Å². The third kappa shape index (κ3) is 3.69. The van der Waals surface area contributed by atoms with E-state index in [0.29, 0.717) is 5.02 Å². The van der Waals surface area contributed by atoms with Gasteiger partial charge in [0, 0.05) is 17.2 Å². The lowest BCUT2D eigenvalue weighted by molar-refractivity contribution is -0.385. The Kier molecular flexibility index (Phi) is 5.15. The second-order valence-corrected chi connectivity index (χ2v) is 6.63. The number of rotatable bonds is 6. The minimum absolute atomic E-state index is 0.0332. The largest absolute Gasteiger partial charge is 0.495 e. The molecule has 0 aliphatic heterocycles. The van der Waals surface area contributed by atoms with Crippen LogP contribution in [0, 0.1) is 10.1 Å². The van der Waals surface area contributed by atoms with Gasteiger partial charge in [0.05, 0.1) is 24.8 Å². The van der Waals surface area contributed by atoms with E-state index in [1.54, 1.807) is 0 Å². The molecule has 0 aliphatic rings. The summed E-state index contributed by atoms with van der Waals surface area (Å²) in [5, 5.41) is 11.2. The van der Waals surface area contributed by atoms with Crippen LogP contribution in [0.2, 0.25) is 5.02 Å². The topological polar surface area (TPSA) is 108 Å². The van der Waals surface area contributed by atoms with Crippen molar-refractivity contribution in [3.8, 4) is 11.5 Å². The van der Waals surface area contributed by atoms with E-state index in [2.05, 4.69) is 4.72 Å². The molecular formula is C14H13ClN2O6S. The summed E-state index contributed by atoms with van der Waals surface area (Å²) in [4.78, 5) is 9.83. The molecule has 0 spiro atoms. The Balaban J connectivity index is 2.53. The first kappa shape index (κ1) is 17.8. The summed E-state index contributed by atoms with van der Waals surface area (Å²) in [6.07, 6.45) is 0. The van der Waals surface area contributed by atoms with Gasteiger partial charge < -0.3 is 9.47 Å². The molecule has 8 nitrogen and oxygen atoms in total. The highest BCUT2D eigenvalue weighted by Crippen LogP contribution is 2.33. The number of nitrogens with zero attached hydrogens (tertiary/aromatic N) is 1. The van der Waals surface area contributed by atoms with Gasteiger partial charge in [-0.1, -0.05) is 11.6 Å². The van der Waals surface area contributed by atoms with E-state index in [1.807, 2.05) is 0 Å². The van der Waals surface area contributed by atoms with Crippen molar-refractivity contribution in [1.82, 2.24) is 0 Å². The summed E-state index contributed by atoms with van der Waals surface area (Å²) in [6, 6.07) is 7.66. The molecule has 0 bridgehead atoms. The Labute approximate surface area is 143 Å². The molecule has 1 N–H and O–H groups in total. The van der Waals surface area contributed by atoms with E-state index in [0.717, 1.165) is 12.1 Å². The average molecular weight is 373 g/mol. The van der Waals surface area contributed by atoms with Crippen LogP contribution in [0.15, 0.2) is 41.3 Å². The van der Waals surface area contributed by atoms with Crippen molar-refractivity contribution in [3.63, 3.8) is 0 Å². The Morgan fingerprint density at radius 2 is 1.71 bits per heavy atom. The van der Waals surface area contributed by atoms with Gasteiger partial charge in [-0.05, 0) is 24.3 Å². The van der Waals surface area contributed by atoms with Crippen LogP contribution >= 0.6 is 11.6 Å². The molecule has 0 saturated carbocycles. The van der Waals surface area contributed by atoms with Gasteiger partial charge in [-0.3, -0.25) is 14.8 Å². The second kappa shape index (κ2) is 6.93. The Hall–Kier alpha value is -2.52. The van der Waals surface area contributed by atoms with E-state index < -0.39 is 14.9 Å². The Bertz CT molecular complexity index is 885. The average Bonchev–Trinajstić information content (AvgIpc) is 2.54. The molecule has 2 aromatic rings. The van der Waals surface area contributed by atoms with Gasteiger partial charge in [-0.15, -0.1) is 0 Å². The summed E-state index contributed by atoms with van der Waals surface area (Å²) in [6.45, 7) is 0. The highest BCUT2D eigenvalue weighted by molar-refractivity contribution is 7.92. The number of nitro groups is 1. The minimum Gasteiger partial charge on any atom is -0.495 e.